The molecular weight excluding hydrogens is 419 g/mol. The van der Waals surface area contributed by atoms with Gasteiger partial charge in [0.05, 0.1) is 16.7 Å². The molecule has 0 aliphatic rings. The number of halogens is 1. The number of benzene rings is 2. The minimum atomic E-state index is -0.386. The lowest BCUT2D eigenvalue weighted by Crippen LogP contribution is -2.26. The first-order valence-corrected chi connectivity index (χ1v) is 10.5. The zero-order chi connectivity index (χ0) is 21.8. The summed E-state index contributed by atoms with van der Waals surface area (Å²) in [4.78, 5) is 31.6. The SMILES string of the molecule is Cn1c(CCNC(=O)c2ccc(F)cc2)nnc1SCc1nc2ccccc2c(=O)[nH]1. The number of rotatable bonds is 7. The van der Waals surface area contributed by atoms with Gasteiger partial charge in [0.2, 0.25) is 0 Å². The molecule has 2 N–H and O–H groups in total. The van der Waals surface area contributed by atoms with E-state index in [0.29, 0.717) is 52.0 Å². The third-order valence-electron chi connectivity index (χ3n) is 4.67. The van der Waals surface area contributed by atoms with Crippen LogP contribution in [0.4, 0.5) is 4.39 Å². The Hall–Kier alpha value is -3.53. The Kier molecular flexibility index (Phi) is 6.08. The summed E-state index contributed by atoms with van der Waals surface area (Å²) in [6, 6.07) is 12.6. The number of aromatic amines is 1. The molecule has 2 aromatic heterocycles. The van der Waals surface area contributed by atoms with Crippen LogP contribution in [0.5, 0.6) is 0 Å². The van der Waals surface area contributed by atoms with Gasteiger partial charge in [-0.05, 0) is 36.4 Å². The molecule has 0 spiro atoms. The summed E-state index contributed by atoms with van der Waals surface area (Å²) in [7, 11) is 1.84. The third-order valence-corrected chi connectivity index (χ3v) is 5.70. The van der Waals surface area contributed by atoms with Crippen LogP contribution in [0.3, 0.4) is 0 Å². The fraction of sp³-hybridized carbons (Fsp3) is 0.190. The van der Waals surface area contributed by atoms with Crippen LogP contribution in [0.1, 0.15) is 22.0 Å². The van der Waals surface area contributed by atoms with E-state index in [-0.39, 0.29) is 17.3 Å². The van der Waals surface area contributed by atoms with Gasteiger partial charge in [0.1, 0.15) is 17.5 Å². The van der Waals surface area contributed by atoms with Crippen molar-refractivity contribution < 1.29 is 9.18 Å². The first-order chi connectivity index (χ1) is 15.0. The van der Waals surface area contributed by atoms with E-state index in [1.165, 1.54) is 36.0 Å². The maximum Gasteiger partial charge on any atom is 0.258 e. The molecule has 0 aliphatic heterocycles. The van der Waals surface area contributed by atoms with Gasteiger partial charge in [-0.15, -0.1) is 10.2 Å². The van der Waals surface area contributed by atoms with Crippen LogP contribution in [-0.2, 0) is 19.2 Å². The number of carbonyl (C=O) groups excluding carboxylic acids is 1. The standard InChI is InChI=1S/C21H19FN6O2S/c1-28-18(10-11-23-19(29)13-6-8-14(22)9-7-13)26-27-21(28)31-12-17-24-16-5-3-2-4-15(16)20(30)25-17/h2-9H,10-12H2,1H3,(H,23,29)(H,24,25,30). The van der Waals surface area contributed by atoms with Crippen molar-refractivity contribution in [1.82, 2.24) is 30.0 Å². The molecule has 2 aromatic carbocycles. The van der Waals surface area contributed by atoms with Crippen LogP contribution in [0.25, 0.3) is 10.9 Å². The highest BCUT2D eigenvalue weighted by atomic mass is 32.2. The normalized spacial score (nSPS) is 11.0. The second-order valence-electron chi connectivity index (χ2n) is 6.79. The number of hydrogen-bond acceptors (Lipinski definition) is 6. The van der Waals surface area contributed by atoms with Crippen LogP contribution in [0.2, 0.25) is 0 Å². The van der Waals surface area contributed by atoms with Gasteiger partial charge in [-0.25, -0.2) is 9.37 Å². The lowest BCUT2D eigenvalue weighted by atomic mass is 10.2. The highest BCUT2D eigenvalue weighted by Crippen LogP contribution is 2.20. The third kappa shape index (κ3) is 4.80. The van der Waals surface area contributed by atoms with Gasteiger partial charge in [0, 0.05) is 25.6 Å². The largest absolute Gasteiger partial charge is 0.352 e. The van der Waals surface area contributed by atoms with E-state index in [1.54, 1.807) is 18.2 Å². The van der Waals surface area contributed by atoms with Gasteiger partial charge in [0.25, 0.3) is 11.5 Å². The summed E-state index contributed by atoms with van der Waals surface area (Å²) in [5.41, 5.74) is 0.877. The second-order valence-corrected chi connectivity index (χ2v) is 7.73. The van der Waals surface area contributed by atoms with Crippen molar-refractivity contribution in [2.45, 2.75) is 17.3 Å². The lowest BCUT2D eigenvalue weighted by molar-refractivity contribution is 0.0954. The van der Waals surface area contributed by atoms with Crippen molar-refractivity contribution in [1.29, 1.82) is 0 Å². The van der Waals surface area contributed by atoms with Crippen molar-refractivity contribution in [3.05, 3.63) is 81.9 Å². The van der Waals surface area contributed by atoms with Crippen molar-refractivity contribution >= 4 is 28.6 Å². The number of nitrogens with zero attached hydrogens (tertiary/aromatic N) is 4. The molecule has 0 saturated heterocycles. The zero-order valence-electron chi connectivity index (χ0n) is 16.6. The topological polar surface area (TPSA) is 106 Å². The maximum absolute atomic E-state index is 13.0. The fourth-order valence-corrected chi connectivity index (χ4v) is 3.82. The summed E-state index contributed by atoms with van der Waals surface area (Å²) >= 11 is 1.41. The molecule has 0 unspecified atom stereocenters. The van der Waals surface area contributed by atoms with Crippen molar-refractivity contribution in [2.24, 2.45) is 7.05 Å². The van der Waals surface area contributed by atoms with Gasteiger partial charge in [-0.3, -0.25) is 9.59 Å². The minimum absolute atomic E-state index is 0.170. The second kappa shape index (κ2) is 9.09. The Morgan fingerprint density at radius 3 is 2.74 bits per heavy atom. The van der Waals surface area contributed by atoms with E-state index < -0.39 is 0 Å². The number of thioether (sulfide) groups is 1. The fourth-order valence-electron chi connectivity index (χ4n) is 3.02. The number of carbonyl (C=O) groups is 1. The van der Waals surface area contributed by atoms with E-state index in [9.17, 15) is 14.0 Å². The number of fused-ring (bicyclic) bond motifs is 1. The molecule has 0 radical (unpaired) electrons. The summed E-state index contributed by atoms with van der Waals surface area (Å²) in [5, 5.41) is 12.4. The molecule has 4 aromatic rings. The highest BCUT2D eigenvalue weighted by Gasteiger charge is 2.12. The first kappa shape index (κ1) is 20.7. The molecule has 2 heterocycles. The lowest BCUT2D eigenvalue weighted by Gasteiger charge is -2.06. The average Bonchev–Trinajstić information content (AvgIpc) is 3.12. The number of amides is 1. The molecule has 1 amide bonds. The van der Waals surface area contributed by atoms with E-state index in [1.807, 2.05) is 17.7 Å². The molecular formula is C21H19FN6O2S. The Morgan fingerprint density at radius 2 is 1.94 bits per heavy atom. The summed E-state index contributed by atoms with van der Waals surface area (Å²) in [6.45, 7) is 0.367. The smallest absolute Gasteiger partial charge is 0.258 e. The number of H-pyrrole nitrogens is 1. The maximum atomic E-state index is 13.0. The van der Waals surface area contributed by atoms with E-state index in [2.05, 4.69) is 25.5 Å². The van der Waals surface area contributed by atoms with Gasteiger partial charge >= 0.3 is 0 Å². The number of nitrogens with one attached hydrogen (secondary N) is 2. The van der Waals surface area contributed by atoms with Crippen LogP contribution in [-0.4, -0.2) is 37.2 Å². The van der Waals surface area contributed by atoms with Crippen LogP contribution in [0.15, 0.2) is 58.5 Å². The van der Waals surface area contributed by atoms with Crippen LogP contribution >= 0.6 is 11.8 Å². The predicted molar refractivity (Wildman–Crippen MR) is 115 cm³/mol. The molecule has 0 fully saturated rings. The van der Waals surface area contributed by atoms with Crippen molar-refractivity contribution in [3.8, 4) is 0 Å². The van der Waals surface area contributed by atoms with Gasteiger partial charge < -0.3 is 14.9 Å². The molecule has 0 bridgehead atoms. The molecule has 0 atom stereocenters. The summed E-state index contributed by atoms with van der Waals surface area (Å²) in [6.07, 6.45) is 0.488. The Balaban J connectivity index is 1.34. The highest BCUT2D eigenvalue weighted by molar-refractivity contribution is 7.98. The van der Waals surface area contributed by atoms with Crippen LogP contribution < -0.4 is 10.9 Å². The van der Waals surface area contributed by atoms with E-state index in [4.69, 9.17) is 0 Å². The average molecular weight is 438 g/mol. The number of hydrogen-bond donors (Lipinski definition) is 2. The van der Waals surface area contributed by atoms with Crippen molar-refractivity contribution in [3.63, 3.8) is 0 Å². The molecule has 8 nitrogen and oxygen atoms in total. The minimum Gasteiger partial charge on any atom is -0.352 e. The molecule has 0 saturated carbocycles. The quantitative estimate of drug-likeness (QED) is 0.430. The van der Waals surface area contributed by atoms with E-state index in [0.717, 1.165) is 0 Å². The number of aromatic nitrogens is 5. The molecule has 10 heteroatoms. The monoisotopic (exact) mass is 438 g/mol. The Labute approximate surface area is 180 Å². The van der Waals surface area contributed by atoms with E-state index >= 15 is 0 Å². The zero-order valence-corrected chi connectivity index (χ0v) is 17.4. The molecule has 158 valence electrons. The first-order valence-electron chi connectivity index (χ1n) is 9.54. The van der Waals surface area contributed by atoms with Gasteiger partial charge in [-0.2, -0.15) is 0 Å². The summed E-state index contributed by atoms with van der Waals surface area (Å²) in [5.74, 6) is 1.05. The molecule has 4 rings (SSSR count). The van der Waals surface area contributed by atoms with Gasteiger partial charge in [0.15, 0.2) is 5.16 Å². The van der Waals surface area contributed by atoms with Crippen molar-refractivity contribution in [2.75, 3.05) is 6.54 Å². The van der Waals surface area contributed by atoms with Gasteiger partial charge in [-0.1, -0.05) is 23.9 Å². The summed E-state index contributed by atoms with van der Waals surface area (Å²) < 4.78 is 14.8. The Morgan fingerprint density at radius 1 is 1.16 bits per heavy atom. The molecule has 0 aliphatic carbocycles. The Bertz CT molecular complexity index is 1290. The van der Waals surface area contributed by atoms with Crippen LogP contribution in [0, 0.1) is 5.82 Å². The molecule has 31 heavy (non-hydrogen) atoms. The predicted octanol–water partition coefficient (Wildman–Crippen LogP) is 2.46. The number of para-hydroxylation sites is 1.